The van der Waals surface area contributed by atoms with Gasteiger partial charge in [0.15, 0.2) is 0 Å². The van der Waals surface area contributed by atoms with Crippen molar-refractivity contribution in [1.82, 2.24) is 24.6 Å². The largest absolute Gasteiger partial charge is 0.495 e. The number of pyridine rings is 2. The zero-order valence-corrected chi connectivity index (χ0v) is 28.2. The molecule has 0 spiro atoms. The van der Waals surface area contributed by atoms with Gasteiger partial charge in [-0.05, 0) is 65.6 Å². The fraction of sp³-hybridized carbons (Fsp3) is 0.289. The van der Waals surface area contributed by atoms with E-state index < -0.39 is 11.9 Å². The Kier molecular flexibility index (Phi) is 10.2. The second-order valence-corrected chi connectivity index (χ2v) is 12.2. The van der Waals surface area contributed by atoms with Crippen LogP contribution in [0.2, 0.25) is 0 Å². The fourth-order valence-corrected chi connectivity index (χ4v) is 6.20. The second kappa shape index (κ2) is 15.4. The van der Waals surface area contributed by atoms with Crippen LogP contribution >= 0.6 is 0 Å². The number of carbonyl (C=O) groups excluding carboxylic acids is 3. The molecule has 0 radical (unpaired) electrons. The van der Waals surface area contributed by atoms with Gasteiger partial charge in [0.25, 0.3) is 5.91 Å². The second-order valence-electron chi connectivity index (χ2n) is 12.2. The molecule has 3 amide bonds. The number of ether oxygens (including phenoxy) is 4. The highest BCUT2D eigenvalue weighted by Crippen LogP contribution is 2.30. The van der Waals surface area contributed by atoms with Gasteiger partial charge in [0.05, 0.1) is 45.4 Å². The lowest BCUT2D eigenvalue weighted by molar-refractivity contribution is -0.136. The number of imidazole rings is 1. The molecular weight excluding hydrogens is 652 g/mol. The van der Waals surface area contributed by atoms with E-state index in [1.165, 1.54) is 4.90 Å². The number of hydrogen-bond acceptors (Lipinski definition) is 10. The van der Waals surface area contributed by atoms with Crippen molar-refractivity contribution in [1.29, 1.82) is 0 Å². The molecule has 2 N–H and O–H groups in total. The van der Waals surface area contributed by atoms with Gasteiger partial charge < -0.3 is 33.6 Å². The number of hydrogen-bond donors (Lipinski definition) is 2. The van der Waals surface area contributed by atoms with Crippen molar-refractivity contribution in [2.75, 3.05) is 52.0 Å². The minimum absolute atomic E-state index is 0.209. The van der Waals surface area contributed by atoms with E-state index >= 15 is 0 Å². The third-order valence-corrected chi connectivity index (χ3v) is 8.85. The number of amides is 3. The van der Waals surface area contributed by atoms with E-state index in [1.807, 2.05) is 47.1 Å². The van der Waals surface area contributed by atoms with E-state index in [2.05, 4.69) is 39.9 Å². The fourth-order valence-electron chi connectivity index (χ4n) is 6.20. The Morgan fingerprint density at radius 1 is 0.843 bits per heavy atom. The van der Waals surface area contributed by atoms with Crippen LogP contribution in [-0.2, 0) is 25.6 Å². The lowest BCUT2D eigenvalue weighted by Gasteiger charge is -2.29. The standard InChI is InChI=1S/C38H38N6O7/c1-48-30-7-10-35-41-32(24-43(35)23-30)26-4-2-25(3-5-26)27-12-13-39-34(21-27)40-14-15-49-16-17-50-18-19-51-29-6-8-31-28(20-29)22-44(38(31)47)33-9-11-36(45)42-37(33)46/h2-8,10,12-13,20-21,23-24,33H,9,11,14-19,22H2,1H3,(H,39,40)(H,42,45,46). The average Bonchev–Trinajstić information content (AvgIpc) is 3.72. The number of piperidine rings is 1. The Labute approximate surface area is 294 Å². The van der Waals surface area contributed by atoms with Gasteiger partial charge in [-0.25, -0.2) is 9.97 Å². The molecule has 0 aliphatic carbocycles. The zero-order chi connectivity index (χ0) is 35.2. The molecule has 51 heavy (non-hydrogen) atoms. The molecule has 2 aliphatic rings. The molecule has 2 aliphatic heterocycles. The first kappa shape index (κ1) is 33.7. The van der Waals surface area contributed by atoms with Gasteiger partial charge in [0, 0.05) is 43.0 Å². The molecular formula is C38H38N6O7. The number of aromatic nitrogens is 3. The van der Waals surface area contributed by atoms with Crippen molar-refractivity contribution in [3.05, 3.63) is 96.4 Å². The maximum atomic E-state index is 12.9. The maximum Gasteiger partial charge on any atom is 0.255 e. The summed E-state index contributed by atoms with van der Waals surface area (Å²) in [6.07, 6.45) is 6.25. The molecule has 1 atom stereocenters. The summed E-state index contributed by atoms with van der Waals surface area (Å²) in [5.41, 5.74) is 6.26. The Morgan fingerprint density at radius 2 is 1.63 bits per heavy atom. The van der Waals surface area contributed by atoms with Crippen LogP contribution in [0.3, 0.4) is 0 Å². The van der Waals surface area contributed by atoms with Crippen LogP contribution in [0.25, 0.3) is 28.0 Å². The molecule has 3 aromatic heterocycles. The first-order chi connectivity index (χ1) is 24.9. The smallest absolute Gasteiger partial charge is 0.255 e. The lowest BCUT2D eigenvalue weighted by Crippen LogP contribution is -2.52. The van der Waals surface area contributed by atoms with Crippen LogP contribution in [-0.4, -0.2) is 89.7 Å². The highest BCUT2D eigenvalue weighted by atomic mass is 16.5. The molecule has 1 unspecified atom stereocenters. The quantitative estimate of drug-likeness (QED) is 0.120. The highest BCUT2D eigenvalue weighted by molar-refractivity contribution is 6.05. The van der Waals surface area contributed by atoms with Gasteiger partial charge in [-0.15, -0.1) is 0 Å². The van der Waals surface area contributed by atoms with Crippen molar-refractivity contribution in [2.24, 2.45) is 0 Å². The summed E-state index contributed by atoms with van der Waals surface area (Å²) < 4.78 is 24.4. The summed E-state index contributed by atoms with van der Waals surface area (Å²) in [6.45, 7) is 2.98. The molecule has 0 saturated carbocycles. The number of nitrogens with one attached hydrogen (secondary N) is 2. The monoisotopic (exact) mass is 690 g/mol. The summed E-state index contributed by atoms with van der Waals surface area (Å²) in [5.74, 6) is 1.23. The van der Waals surface area contributed by atoms with Crippen LogP contribution < -0.4 is 20.1 Å². The van der Waals surface area contributed by atoms with Crippen LogP contribution in [0.15, 0.2) is 85.3 Å². The number of anilines is 1. The van der Waals surface area contributed by atoms with Crippen LogP contribution in [0.4, 0.5) is 5.82 Å². The van der Waals surface area contributed by atoms with Crippen molar-refractivity contribution in [3.63, 3.8) is 0 Å². The first-order valence-electron chi connectivity index (χ1n) is 16.8. The summed E-state index contributed by atoms with van der Waals surface area (Å²) in [5, 5.41) is 5.63. The Morgan fingerprint density at radius 3 is 2.45 bits per heavy atom. The molecule has 5 heterocycles. The minimum atomic E-state index is -0.640. The molecule has 1 fully saturated rings. The van der Waals surface area contributed by atoms with Crippen LogP contribution in [0.5, 0.6) is 11.5 Å². The first-order valence-corrected chi connectivity index (χ1v) is 16.8. The zero-order valence-electron chi connectivity index (χ0n) is 28.2. The van der Waals surface area contributed by atoms with Gasteiger partial charge in [-0.1, -0.05) is 24.3 Å². The van der Waals surface area contributed by atoms with E-state index in [-0.39, 0.29) is 18.2 Å². The molecule has 7 rings (SSSR count). The van der Waals surface area contributed by atoms with Crippen molar-refractivity contribution >= 4 is 29.2 Å². The molecule has 13 heteroatoms. The number of benzene rings is 2. The molecule has 0 bridgehead atoms. The number of fused-ring (bicyclic) bond motifs is 2. The van der Waals surface area contributed by atoms with Gasteiger partial charge in [-0.3, -0.25) is 19.7 Å². The minimum Gasteiger partial charge on any atom is -0.495 e. The van der Waals surface area contributed by atoms with Gasteiger partial charge in [-0.2, -0.15) is 0 Å². The Hall–Kier alpha value is -5.79. The summed E-state index contributed by atoms with van der Waals surface area (Å²) in [4.78, 5) is 47.3. The molecule has 13 nitrogen and oxygen atoms in total. The highest BCUT2D eigenvalue weighted by Gasteiger charge is 2.39. The average molecular weight is 691 g/mol. The summed E-state index contributed by atoms with van der Waals surface area (Å²) >= 11 is 0. The number of nitrogens with zero attached hydrogens (tertiary/aromatic N) is 4. The predicted molar refractivity (Wildman–Crippen MR) is 189 cm³/mol. The third kappa shape index (κ3) is 7.84. The Bertz CT molecular complexity index is 2050. The maximum absolute atomic E-state index is 12.9. The Balaban J connectivity index is 0.784. The van der Waals surface area contributed by atoms with Crippen molar-refractivity contribution in [3.8, 4) is 33.9 Å². The SMILES string of the molecule is COc1ccc2nc(-c3ccc(-c4ccnc(NCCOCCOCCOc5ccc6c(c5)CN(C5CCC(=O)NC5=O)C6=O)c4)cc3)cn2c1. The van der Waals surface area contributed by atoms with Crippen molar-refractivity contribution in [2.45, 2.75) is 25.4 Å². The predicted octanol–water partition coefficient (Wildman–Crippen LogP) is 4.36. The van der Waals surface area contributed by atoms with Crippen LogP contribution in [0.1, 0.15) is 28.8 Å². The van der Waals surface area contributed by atoms with Gasteiger partial charge >= 0.3 is 0 Å². The lowest BCUT2D eigenvalue weighted by atomic mass is 10.0. The van der Waals surface area contributed by atoms with Gasteiger partial charge in [0.1, 0.15) is 35.6 Å². The number of rotatable bonds is 15. The molecule has 1 saturated heterocycles. The number of imide groups is 1. The van der Waals surface area contributed by atoms with E-state index in [4.69, 9.17) is 23.9 Å². The van der Waals surface area contributed by atoms with Crippen molar-refractivity contribution < 1.29 is 33.3 Å². The van der Waals surface area contributed by atoms with Crippen LogP contribution in [0, 0.1) is 0 Å². The third-order valence-electron chi connectivity index (χ3n) is 8.85. The van der Waals surface area contributed by atoms with E-state index in [0.29, 0.717) is 63.9 Å². The summed E-state index contributed by atoms with van der Waals surface area (Å²) in [7, 11) is 1.65. The van der Waals surface area contributed by atoms with E-state index in [1.54, 1.807) is 25.4 Å². The van der Waals surface area contributed by atoms with E-state index in [0.717, 1.165) is 45.2 Å². The number of carbonyl (C=O) groups is 3. The topological polar surface area (TPSA) is 146 Å². The molecule has 2 aromatic carbocycles. The summed E-state index contributed by atoms with van der Waals surface area (Å²) in [6, 6.07) is 20.8. The number of methoxy groups -OCH3 is 1. The molecule has 5 aromatic rings. The van der Waals surface area contributed by atoms with Gasteiger partial charge in [0.2, 0.25) is 11.8 Å². The normalized spacial score (nSPS) is 15.6. The van der Waals surface area contributed by atoms with E-state index in [9.17, 15) is 14.4 Å². The molecule has 262 valence electrons.